The van der Waals surface area contributed by atoms with Gasteiger partial charge in [-0.3, -0.25) is 9.36 Å². The molecule has 2 heterocycles. The Kier molecular flexibility index (Phi) is 5.80. The van der Waals surface area contributed by atoms with E-state index in [0.717, 1.165) is 11.3 Å². The fourth-order valence-electron chi connectivity index (χ4n) is 3.67. The SMILES string of the molecule is COC(=O)C1=C(C)N=c2s/c(=C\c3ccc(N(C)C)cc3)c(=O)n2[C@H]1c1ccc(F)cc1. The predicted molar refractivity (Wildman–Crippen MR) is 123 cm³/mol. The molecule has 0 unspecified atom stereocenters. The van der Waals surface area contributed by atoms with Crippen molar-refractivity contribution in [1.82, 2.24) is 4.57 Å². The van der Waals surface area contributed by atoms with E-state index in [1.54, 1.807) is 19.1 Å². The third kappa shape index (κ3) is 3.89. The van der Waals surface area contributed by atoms with Gasteiger partial charge in [-0.05, 0) is 48.4 Å². The molecule has 0 amide bonds. The number of esters is 1. The first-order valence-corrected chi connectivity index (χ1v) is 10.8. The molecular formula is C24H22FN3O3S. The van der Waals surface area contributed by atoms with Gasteiger partial charge in [-0.25, -0.2) is 14.2 Å². The van der Waals surface area contributed by atoms with E-state index in [2.05, 4.69) is 4.99 Å². The van der Waals surface area contributed by atoms with Crippen LogP contribution in [0.5, 0.6) is 0 Å². The van der Waals surface area contributed by atoms with Gasteiger partial charge in [-0.2, -0.15) is 0 Å². The maximum Gasteiger partial charge on any atom is 0.338 e. The number of nitrogens with zero attached hydrogens (tertiary/aromatic N) is 3. The van der Waals surface area contributed by atoms with Crippen LogP contribution in [0.3, 0.4) is 0 Å². The second-order valence-corrected chi connectivity index (χ2v) is 8.62. The summed E-state index contributed by atoms with van der Waals surface area (Å²) in [6.45, 7) is 1.71. The van der Waals surface area contributed by atoms with E-state index < -0.39 is 17.8 Å². The highest BCUT2D eigenvalue weighted by atomic mass is 32.1. The van der Waals surface area contributed by atoms with Crippen LogP contribution in [-0.4, -0.2) is 31.7 Å². The van der Waals surface area contributed by atoms with Crippen LogP contribution in [0.1, 0.15) is 24.1 Å². The number of carbonyl (C=O) groups is 1. The van der Waals surface area contributed by atoms with Gasteiger partial charge in [0.2, 0.25) is 0 Å². The summed E-state index contributed by atoms with van der Waals surface area (Å²) < 4.78 is 20.5. The number of ether oxygens (including phenoxy) is 1. The molecule has 1 aromatic heterocycles. The molecule has 2 aromatic carbocycles. The molecule has 1 aliphatic heterocycles. The minimum absolute atomic E-state index is 0.258. The van der Waals surface area contributed by atoms with Crippen molar-refractivity contribution < 1.29 is 13.9 Å². The molecule has 6 nitrogen and oxygen atoms in total. The van der Waals surface area contributed by atoms with E-state index in [1.807, 2.05) is 49.3 Å². The lowest BCUT2D eigenvalue weighted by Crippen LogP contribution is -2.39. The Hall–Kier alpha value is -3.52. The highest BCUT2D eigenvalue weighted by Gasteiger charge is 2.33. The van der Waals surface area contributed by atoms with Gasteiger partial charge in [0.05, 0.1) is 29.0 Å². The second-order valence-electron chi connectivity index (χ2n) is 7.61. The molecule has 0 fully saturated rings. The summed E-state index contributed by atoms with van der Waals surface area (Å²) in [5.41, 5.74) is 2.99. The summed E-state index contributed by atoms with van der Waals surface area (Å²) in [5, 5.41) is 0. The summed E-state index contributed by atoms with van der Waals surface area (Å²) in [7, 11) is 5.21. The zero-order chi connectivity index (χ0) is 23.0. The van der Waals surface area contributed by atoms with E-state index in [0.29, 0.717) is 20.6 Å². The fourth-order valence-corrected chi connectivity index (χ4v) is 4.72. The number of methoxy groups -OCH3 is 1. The molecule has 1 atom stereocenters. The lowest BCUT2D eigenvalue weighted by molar-refractivity contribution is -0.136. The van der Waals surface area contributed by atoms with Gasteiger partial charge in [-0.15, -0.1) is 0 Å². The number of halogens is 1. The molecule has 1 aliphatic rings. The zero-order valence-electron chi connectivity index (χ0n) is 18.1. The second kappa shape index (κ2) is 8.55. The third-order valence-corrected chi connectivity index (χ3v) is 6.30. The third-order valence-electron chi connectivity index (χ3n) is 5.32. The Bertz CT molecular complexity index is 1380. The average molecular weight is 452 g/mol. The maximum absolute atomic E-state index is 13.6. The predicted octanol–water partition coefficient (Wildman–Crippen LogP) is 2.61. The van der Waals surface area contributed by atoms with Gasteiger partial charge in [-0.1, -0.05) is 35.6 Å². The number of allylic oxidation sites excluding steroid dienone is 1. The number of benzene rings is 2. The van der Waals surface area contributed by atoms with Gasteiger partial charge in [0, 0.05) is 19.8 Å². The number of thiazole rings is 1. The van der Waals surface area contributed by atoms with Crippen molar-refractivity contribution in [2.75, 3.05) is 26.1 Å². The Morgan fingerprint density at radius 3 is 2.41 bits per heavy atom. The van der Waals surface area contributed by atoms with Crippen LogP contribution in [-0.2, 0) is 9.53 Å². The first kappa shape index (κ1) is 21.7. The smallest absolute Gasteiger partial charge is 0.338 e. The largest absolute Gasteiger partial charge is 0.466 e. The number of aromatic nitrogens is 1. The Morgan fingerprint density at radius 2 is 1.81 bits per heavy atom. The molecule has 164 valence electrons. The van der Waals surface area contributed by atoms with Crippen molar-refractivity contribution in [3.8, 4) is 0 Å². The monoisotopic (exact) mass is 451 g/mol. The topological polar surface area (TPSA) is 63.9 Å². The van der Waals surface area contributed by atoms with Gasteiger partial charge < -0.3 is 9.64 Å². The molecule has 0 radical (unpaired) electrons. The summed E-state index contributed by atoms with van der Waals surface area (Å²) in [6, 6.07) is 12.8. The van der Waals surface area contributed by atoms with Crippen LogP contribution in [0.4, 0.5) is 10.1 Å². The van der Waals surface area contributed by atoms with Crippen molar-refractivity contribution in [3.63, 3.8) is 0 Å². The normalized spacial score (nSPS) is 15.9. The van der Waals surface area contributed by atoms with Crippen molar-refractivity contribution in [2.45, 2.75) is 13.0 Å². The summed E-state index contributed by atoms with van der Waals surface area (Å²) in [5.74, 6) is -0.975. The number of carbonyl (C=O) groups excluding carboxylic acids is 1. The highest BCUT2D eigenvalue weighted by Crippen LogP contribution is 2.30. The first-order valence-electron chi connectivity index (χ1n) is 9.94. The molecule has 4 rings (SSSR count). The number of fused-ring (bicyclic) bond motifs is 1. The molecule has 0 aliphatic carbocycles. The average Bonchev–Trinajstić information content (AvgIpc) is 3.08. The van der Waals surface area contributed by atoms with E-state index in [4.69, 9.17) is 4.74 Å². The number of hydrogen-bond acceptors (Lipinski definition) is 6. The Morgan fingerprint density at radius 1 is 1.16 bits per heavy atom. The molecular weight excluding hydrogens is 429 g/mol. The lowest BCUT2D eigenvalue weighted by atomic mass is 9.96. The van der Waals surface area contributed by atoms with Crippen molar-refractivity contribution in [3.05, 3.63) is 96.4 Å². The molecule has 0 bridgehead atoms. The first-order chi connectivity index (χ1) is 15.3. The zero-order valence-corrected chi connectivity index (χ0v) is 18.9. The van der Waals surface area contributed by atoms with Gasteiger partial charge in [0.15, 0.2) is 4.80 Å². The number of anilines is 1. The lowest BCUT2D eigenvalue weighted by Gasteiger charge is -2.24. The van der Waals surface area contributed by atoms with E-state index in [1.165, 1.54) is 35.1 Å². The van der Waals surface area contributed by atoms with Gasteiger partial charge in [0.1, 0.15) is 5.82 Å². The minimum Gasteiger partial charge on any atom is -0.466 e. The van der Waals surface area contributed by atoms with Crippen molar-refractivity contribution in [1.29, 1.82) is 0 Å². The quantitative estimate of drug-likeness (QED) is 0.572. The molecule has 8 heteroatoms. The van der Waals surface area contributed by atoms with Crippen LogP contribution < -0.4 is 19.8 Å². The Balaban J connectivity index is 1.91. The van der Waals surface area contributed by atoms with Gasteiger partial charge >= 0.3 is 5.97 Å². The van der Waals surface area contributed by atoms with E-state index in [-0.39, 0.29) is 11.1 Å². The fraction of sp³-hybridized carbons (Fsp3) is 0.208. The van der Waals surface area contributed by atoms with Crippen LogP contribution in [0, 0.1) is 5.82 Å². The molecule has 0 saturated carbocycles. The standard InChI is InChI=1S/C24H22FN3O3S/c1-14-20(23(30)31-4)21(16-7-9-17(25)10-8-16)28-22(29)19(32-24(28)26-14)13-15-5-11-18(12-6-15)27(2)3/h5-13,21H,1-4H3/b19-13-/t21-/m0/s1. The van der Waals surface area contributed by atoms with Crippen molar-refractivity contribution >= 4 is 29.1 Å². The molecule has 0 saturated heterocycles. The number of rotatable bonds is 4. The van der Waals surface area contributed by atoms with Crippen LogP contribution in [0.15, 0.2) is 69.6 Å². The highest BCUT2D eigenvalue weighted by molar-refractivity contribution is 7.07. The van der Waals surface area contributed by atoms with Gasteiger partial charge in [0.25, 0.3) is 5.56 Å². The van der Waals surface area contributed by atoms with Crippen LogP contribution in [0.25, 0.3) is 6.08 Å². The summed E-state index contributed by atoms with van der Waals surface area (Å²) in [6.07, 6.45) is 1.81. The Labute approximate surface area is 188 Å². The van der Waals surface area contributed by atoms with E-state index in [9.17, 15) is 14.0 Å². The van der Waals surface area contributed by atoms with Crippen LogP contribution in [0.2, 0.25) is 0 Å². The maximum atomic E-state index is 13.6. The molecule has 3 aromatic rings. The molecule has 32 heavy (non-hydrogen) atoms. The summed E-state index contributed by atoms with van der Waals surface area (Å²) in [4.78, 5) is 33.0. The van der Waals surface area contributed by atoms with E-state index >= 15 is 0 Å². The molecule has 0 spiro atoms. The van der Waals surface area contributed by atoms with Crippen molar-refractivity contribution in [2.24, 2.45) is 4.99 Å². The summed E-state index contributed by atoms with van der Waals surface area (Å²) >= 11 is 1.25. The molecule has 0 N–H and O–H groups in total. The van der Waals surface area contributed by atoms with Crippen LogP contribution >= 0.6 is 11.3 Å². The number of hydrogen-bond donors (Lipinski definition) is 0. The minimum atomic E-state index is -0.752.